The van der Waals surface area contributed by atoms with Crippen LogP contribution in [0.5, 0.6) is 0 Å². The van der Waals surface area contributed by atoms with Gasteiger partial charge in [-0.25, -0.2) is 4.98 Å². The second-order valence-corrected chi connectivity index (χ2v) is 6.24. The Bertz CT molecular complexity index is 865. The number of halogens is 1. The van der Waals surface area contributed by atoms with Crippen LogP contribution in [-0.4, -0.2) is 16.0 Å². The molecule has 116 valence electrons. The predicted octanol–water partition coefficient (Wildman–Crippen LogP) is 3.71. The van der Waals surface area contributed by atoms with Gasteiger partial charge in [-0.2, -0.15) is 0 Å². The molecule has 0 aliphatic heterocycles. The Hall–Kier alpha value is -1.66. The average molecular weight is 364 g/mol. The van der Waals surface area contributed by atoms with Crippen LogP contribution < -0.4 is 10.9 Å². The van der Waals surface area contributed by atoms with Crippen LogP contribution in [0, 0.1) is 0 Å². The number of aromatic amines is 1. The van der Waals surface area contributed by atoms with Crippen molar-refractivity contribution < 1.29 is 4.42 Å². The lowest BCUT2D eigenvalue weighted by molar-refractivity contribution is 0.476. The van der Waals surface area contributed by atoms with Gasteiger partial charge in [0.1, 0.15) is 16.9 Å². The number of aromatic nitrogens is 2. The lowest BCUT2D eigenvalue weighted by Gasteiger charge is -2.13. The Kier molecular flexibility index (Phi) is 4.31. The number of H-pyrrole nitrogens is 1. The summed E-state index contributed by atoms with van der Waals surface area (Å²) in [5.74, 6) is 0.632. The highest BCUT2D eigenvalue weighted by molar-refractivity contribution is 9.10. The SMILES string of the molecule is CCC(CC)NCc1nc2c(oc3ccc(Br)cc32)c(=O)[nH]1. The van der Waals surface area contributed by atoms with Crippen LogP contribution in [0.1, 0.15) is 32.5 Å². The number of nitrogens with zero attached hydrogens (tertiary/aromatic N) is 1. The van der Waals surface area contributed by atoms with E-state index in [9.17, 15) is 4.79 Å². The molecule has 2 heterocycles. The molecule has 0 aliphatic rings. The van der Waals surface area contributed by atoms with Gasteiger partial charge in [-0.1, -0.05) is 29.8 Å². The van der Waals surface area contributed by atoms with Gasteiger partial charge in [0.25, 0.3) is 5.56 Å². The van der Waals surface area contributed by atoms with E-state index in [4.69, 9.17) is 4.42 Å². The van der Waals surface area contributed by atoms with Crippen LogP contribution in [0.25, 0.3) is 22.1 Å². The summed E-state index contributed by atoms with van der Waals surface area (Å²) in [6.07, 6.45) is 2.09. The van der Waals surface area contributed by atoms with Crippen LogP contribution in [0.2, 0.25) is 0 Å². The van der Waals surface area contributed by atoms with Crippen molar-refractivity contribution >= 4 is 38.0 Å². The van der Waals surface area contributed by atoms with Gasteiger partial charge in [-0.15, -0.1) is 0 Å². The molecule has 0 saturated heterocycles. The fourth-order valence-electron chi connectivity index (χ4n) is 2.57. The molecule has 0 radical (unpaired) electrons. The summed E-state index contributed by atoms with van der Waals surface area (Å²) >= 11 is 3.44. The Balaban J connectivity index is 2.04. The molecule has 0 unspecified atom stereocenters. The topological polar surface area (TPSA) is 70.9 Å². The first-order valence-electron chi connectivity index (χ1n) is 7.46. The van der Waals surface area contributed by atoms with Crippen LogP contribution in [-0.2, 0) is 6.54 Å². The van der Waals surface area contributed by atoms with Gasteiger partial charge >= 0.3 is 0 Å². The summed E-state index contributed by atoms with van der Waals surface area (Å²) < 4.78 is 6.55. The van der Waals surface area contributed by atoms with E-state index in [-0.39, 0.29) is 11.1 Å². The first-order chi connectivity index (χ1) is 10.6. The average Bonchev–Trinajstić information content (AvgIpc) is 2.87. The minimum Gasteiger partial charge on any atom is -0.449 e. The number of nitrogens with one attached hydrogen (secondary N) is 2. The van der Waals surface area contributed by atoms with Gasteiger partial charge in [0.15, 0.2) is 0 Å². The molecule has 2 N–H and O–H groups in total. The summed E-state index contributed by atoms with van der Waals surface area (Å²) in [4.78, 5) is 19.6. The predicted molar refractivity (Wildman–Crippen MR) is 91.0 cm³/mol. The lowest BCUT2D eigenvalue weighted by Crippen LogP contribution is -2.28. The summed E-state index contributed by atoms with van der Waals surface area (Å²) in [6.45, 7) is 4.82. The van der Waals surface area contributed by atoms with Crippen molar-refractivity contribution in [3.8, 4) is 0 Å². The van der Waals surface area contributed by atoms with Crippen molar-refractivity contribution in [2.75, 3.05) is 0 Å². The smallest absolute Gasteiger partial charge is 0.294 e. The molecule has 2 aromatic heterocycles. The third-order valence-corrected chi connectivity index (χ3v) is 4.37. The molecular weight excluding hydrogens is 346 g/mol. The lowest BCUT2D eigenvalue weighted by atomic mass is 10.2. The van der Waals surface area contributed by atoms with Gasteiger partial charge in [-0.3, -0.25) is 4.79 Å². The zero-order valence-corrected chi connectivity index (χ0v) is 14.2. The summed E-state index contributed by atoms with van der Waals surface area (Å²) in [5, 5.41) is 4.25. The summed E-state index contributed by atoms with van der Waals surface area (Å²) in [5.41, 5.74) is 1.32. The number of rotatable bonds is 5. The molecule has 0 atom stereocenters. The van der Waals surface area contributed by atoms with E-state index >= 15 is 0 Å². The molecule has 22 heavy (non-hydrogen) atoms. The second-order valence-electron chi connectivity index (χ2n) is 5.33. The molecule has 0 amide bonds. The summed E-state index contributed by atoms with van der Waals surface area (Å²) in [7, 11) is 0. The summed E-state index contributed by atoms with van der Waals surface area (Å²) in [6, 6.07) is 6.07. The number of hydrogen-bond donors (Lipinski definition) is 2. The van der Waals surface area contributed by atoms with Crippen LogP contribution in [0.3, 0.4) is 0 Å². The molecule has 3 aromatic rings. The zero-order valence-electron chi connectivity index (χ0n) is 12.6. The molecule has 0 fully saturated rings. The fourth-order valence-corrected chi connectivity index (χ4v) is 2.94. The van der Waals surface area contributed by atoms with Crippen molar-refractivity contribution in [3.05, 3.63) is 38.9 Å². The van der Waals surface area contributed by atoms with Crippen molar-refractivity contribution in [2.24, 2.45) is 0 Å². The molecule has 5 nitrogen and oxygen atoms in total. The van der Waals surface area contributed by atoms with Gasteiger partial charge in [0.05, 0.1) is 6.54 Å². The highest BCUT2D eigenvalue weighted by Gasteiger charge is 2.14. The Morgan fingerprint density at radius 3 is 2.86 bits per heavy atom. The van der Waals surface area contributed by atoms with E-state index in [1.54, 1.807) is 0 Å². The van der Waals surface area contributed by atoms with Gasteiger partial charge in [-0.05, 0) is 31.0 Å². The molecule has 1 aromatic carbocycles. The number of hydrogen-bond acceptors (Lipinski definition) is 4. The third kappa shape index (κ3) is 2.80. The maximum absolute atomic E-state index is 12.2. The maximum atomic E-state index is 12.2. The molecule has 0 bridgehead atoms. The largest absolute Gasteiger partial charge is 0.449 e. The normalized spacial score (nSPS) is 11.8. The minimum atomic E-state index is -0.237. The standard InChI is InChI=1S/C16H18BrN3O2/c1-3-10(4-2)18-8-13-19-14-11-7-9(17)5-6-12(11)22-15(14)16(21)20-13/h5-7,10,18H,3-4,8H2,1-2H3,(H,19,20,21). The van der Waals surface area contributed by atoms with E-state index in [2.05, 4.69) is 45.1 Å². The number of fused-ring (bicyclic) bond motifs is 3. The molecule has 0 aliphatic carbocycles. The minimum absolute atomic E-state index is 0.237. The fraction of sp³-hybridized carbons (Fsp3) is 0.375. The number of benzene rings is 1. The van der Waals surface area contributed by atoms with Gasteiger partial charge in [0, 0.05) is 15.9 Å². The van der Waals surface area contributed by atoms with Crippen LogP contribution >= 0.6 is 15.9 Å². The van der Waals surface area contributed by atoms with Gasteiger partial charge in [0.2, 0.25) is 5.58 Å². The second kappa shape index (κ2) is 6.22. The van der Waals surface area contributed by atoms with Crippen LogP contribution in [0.4, 0.5) is 0 Å². The Morgan fingerprint density at radius 2 is 2.14 bits per heavy atom. The van der Waals surface area contributed by atoms with Crippen molar-refractivity contribution in [1.82, 2.24) is 15.3 Å². The molecule has 0 saturated carbocycles. The molecule has 6 heteroatoms. The highest BCUT2D eigenvalue weighted by atomic mass is 79.9. The monoisotopic (exact) mass is 363 g/mol. The quantitative estimate of drug-likeness (QED) is 0.724. The van der Waals surface area contributed by atoms with Crippen molar-refractivity contribution in [2.45, 2.75) is 39.3 Å². The molecular formula is C16H18BrN3O2. The first-order valence-corrected chi connectivity index (χ1v) is 8.26. The van der Waals surface area contributed by atoms with E-state index in [0.29, 0.717) is 29.5 Å². The van der Waals surface area contributed by atoms with E-state index in [1.807, 2.05) is 18.2 Å². The first kappa shape index (κ1) is 15.2. The van der Waals surface area contributed by atoms with Crippen molar-refractivity contribution in [3.63, 3.8) is 0 Å². The maximum Gasteiger partial charge on any atom is 0.294 e. The number of furan rings is 1. The van der Waals surface area contributed by atoms with E-state index in [1.165, 1.54) is 0 Å². The molecule has 0 spiro atoms. The van der Waals surface area contributed by atoms with Crippen LogP contribution in [0.15, 0.2) is 31.9 Å². The highest BCUT2D eigenvalue weighted by Crippen LogP contribution is 2.27. The van der Waals surface area contributed by atoms with E-state index in [0.717, 1.165) is 22.7 Å². The van der Waals surface area contributed by atoms with Crippen molar-refractivity contribution in [1.29, 1.82) is 0 Å². The van der Waals surface area contributed by atoms with Gasteiger partial charge < -0.3 is 14.7 Å². The Labute approximate surface area is 136 Å². The van der Waals surface area contributed by atoms with E-state index < -0.39 is 0 Å². The third-order valence-electron chi connectivity index (χ3n) is 3.88. The molecule has 3 rings (SSSR count). The Morgan fingerprint density at radius 1 is 1.36 bits per heavy atom. The zero-order chi connectivity index (χ0) is 15.7.